The number of hydrogen-bond donors (Lipinski definition) is 1. The maximum Gasteiger partial charge on any atom is 0.0589 e. The quantitative estimate of drug-likeness (QED) is 0.787. The SMILES string of the molecule is Ic1ccccc1C1NCCc2ccccc21. The van der Waals surface area contributed by atoms with E-state index in [1.165, 1.54) is 20.3 Å². The molecule has 1 aliphatic heterocycles. The first kappa shape index (κ1) is 11.2. The average Bonchev–Trinajstić information content (AvgIpc) is 2.39. The minimum absolute atomic E-state index is 0.355. The molecule has 0 fully saturated rings. The fourth-order valence-electron chi connectivity index (χ4n) is 2.49. The molecule has 0 aromatic heterocycles. The van der Waals surface area contributed by atoms with Gasteiger partial charge in [0.15, 0.2) is 0 Å². The molecule has 1 atom stereocenters. The molecule has 2 aromatic carbocycles. The van der Waals surface area contributed by atoms with Gasteiger partial charge in [0.25, 0.3) is 0 Å². The molecule has 86 valence electrons. The summed E-state index contributed by atoms with van der Waals surface area (Å²) in [6, 6.07) is 17.7. The van der Waals surface area contributed by atoms with Gasteiger partial charge in [-0.2, -0.15) is 0 Å². The Kier molecular flexibility index (Phi) is 3.16. The van der Waals surface area contributed by atoms with Gasteiger partial charge in [0.1, 0.15) is 0 Å². The summed E-state index contributed by atoms with van der Waals surface area (Å²) in [7, 11) is 0. The molecule has 0 bridgehead atoms. The van der Waals surface area contributed by atoms with Gasteiger partial charge in [-0.25, -0.2) is 0 Å². The first-order chi connectivity index (χ1) is 8.36. The maximum absolute atomic E-state index is 3.63. The van der Waals surface area contributed by atoms with Crippen LogP contribution in [0.2, 0.25) is 0 Å². The molecule has 1 N–H and O–H groups in total. The Labute approximate surface area is 115 Å². The predicted molar refractivity (Wildman–Crippen MR) is 79.2 cm³/mol. The predicted octanol–water partition coefficient (Wildman–Crippen LogP) is 3.53. The van der Waals surface area contributed by atoms with Crippen molar-refractivity contribution in [2.75, 3.05) is 6.54 Å². The van der Waals surface area contributed by atoms with Crippen molar-refractivity contribution in [3.05, 3.63) is 68.8 Å². The zero-order chi connectivity index (χ0) is 11.7. The van der Waals surface area contributed by atoms with Crippen LogP contribution in [0.25, 0.3) is 0 Å². The minimum atomic E-state index is 0.355. The molecule has 2 aromatic rings. The molecule has 0 radical (unpaired) electrons. The van der Waals surface area contributed by atoms with E-state index in [9.17, 15) is 0 Å². The second-order valence-electron chi connectivity index (χ2n) is 4.36. The third-order valence-corrected chi connectivity index (χ3v) is 4.31. The molecule has 0 saturated carbocycles. The van der Waals surface area contributed by atoms with Crippen molar-refractivity contribution in [3.8, 4) is 0 Å². The van der Waals surface area contributed by atoms with E-state index < -0.39 is 0 Å². The highest BCUT2D eigenvalue weighted by molar-refractivity contribution is 14.1. The Morgan fingerprint density at radius 1 is 0.941 bits per heavy atom. The molecular formula is C15H14IN. The topological polar surface area (TPSA) is 12.0 Å². The lowest BCUT2D eigenvalue weighted by molar-refractivity contribution is 0.566. The van der Waals surface area contributed by atoms with Crippen LogP contribution in [0.5, 0.6) is 0 Å². The smallest absolute Gasteiger partial charge is 0.0589 e. The minimum Gasteiger partial charge on any atom is -0.306 e. The third-order valence-electron chi connectivity index (χ3n) is 3.33. The van der Waals surface area contributed by atoms with E-state index >= 15 is 0 Å². The Morgan fingerprint density at radius 2 is 1.65 bits per heavy atom. The number of benzene rings is 2. The largest absolute Gasteiger partial charge is 0.306 e. The van der Waals surface area contributed by atoms with Crippen molar-refractivity contribution in [2.24, 2.45) is 0 Å². The number of nitrogens with one attached hydrogen (secondary N) is 1. The Morgan fingerprint density at radius 3 is 2.47 bits per heavy atom. The highest BCUT2D eigenvalue weighted by atomic mass is 127. The van der Waals surface area contributed by atoms with Crippen LogP contribution in [-0.2, 0) is 6.42 Å². The zero-order valence-corrected chi connectivity index (χ0v) is 11.6. The summed E-state index contributed by atoms with van der Waals surface area (Å²) in [5.41, 5.74) is 4.30. The van der Waals surface area contributed by atoms with E-state index in [0.29, 0.717) is 6.04 Å². The second kappa shape index (κ2) is 4.78. The second-order valence-corrected chi connectivity index (χ2v) is 5.52. The van der Waals surface area contributed by atoms with E-state index in [2.05, 4.69) is 76.4 Å². The molecule has 1 heterocycles. The van der Waals surface area contributed by atoms with Crippen LogP contribution >= 0.6 is 22.6 Å². The van der Waals surface area contributed by atoms with Gasteiger partial charge in [-0.05, 0) is 51.8 Å². The fourth-order valence-corrected chi connectivity index (χ4v) is 3.19. The molecule has 2 heteroatoms. The molecule has 17 heavy (non-hydrogen) atoms. The Hall–Kier alpha value is -0.870. The average molecular weight is 335 g/mol. The number of rotatable bonds is 1. The van der Waals surface area contributed by atoms with E-state index in [-0.39, 0.29) is 0 Å². The van der Waals surface area contributed by atoms with Gasteiger partial charge in [0.05, 0.1) is 6.04 Å². The van der Waals surface area contributed by atoms with Gasteiger partial charge in [-0.3, -0.25) is 0 Å². The van der Waals surface area contributed by atoms with Gasteiger partial charge in [-0.15, -0.1) is 0 Å². The Bertz CT molecular complexity index is 536. The van der Waals surface area contributed by atoms with Crippen LogP contribution in [0.4, 0.5) is 0 Å². The zero-order valence-electron chi connectivity index (χ0n) is 9.49. The van der Waals surface area contributed by atoms with Gasteiger partial charge < -0.3 is 5.32 Å². The molecule has 0 saturated heterocycles. The van der Waals surface area contributed by atoms with Gasteiger partial charge in [-0.1, -0.05) is 42.5 Å². The van der Waals surface area contributed by atoms with Crippen LogP contribution in [0.1, 0.15) is 22.7 Å². The summed E-state index contributed by atoms with van der Waals surface area (Å²) in [5.74, 6) is 0. The Balaban J connectivity index is 2.09. The summed E-state index contributed by atoms with van der Waals surface area (Å²) in [6.45, 7) is 1.06. The van der Waals surface area contributed by atoms with Crippen molar-refractivity contribution >= 4 is 22.6 Å². The van der Waals surface area contributed by atoms with E-state index in [1.807, 2.05) is 0 Å². The molecule has 1 nitrogen and oxygen atoms in total. The first-order valence-electron chi connectivity index (χ1n) is 5.92. The molecule has 1 unspecified atom stereocenters. The molecule has 0 spiro atoms. The van der Waals surface area contributed by atoms with E-state index in [1.54, 1.807) is 0 Å². The lowest BCUT2D eigenvalue weighted by Gasteiger charge is -2.28. The monoisotopic (exact) mass is 335 g/mol. The highest BCUT2D eigenvalue weighted by Gasteiger charge is 2.21. The standard InChI is InChI=1S/C15H14IN/c16-14-8-4-3-7-13(14)15-12-6-2-1-5-11(12)9-10-17-15/h1-8,15,17H,9-10H2. The lowest BCUT2D eigenvalue weighted by Crippen LogP contribution is -2.30. The molecule has 1 aliphatic rings. The third kappa shape index (κ3) is 2.11. The van der Waals surface area contributed by atoms with Crippen LogP contribution in [0.15, 0.2) is 48.5 Å². The van der Waals surface area contributed by atoms with Crippen molar-refractivity contribution in [1.82, 2.24) is 5.32 Å². The van der Waals surface area contributed by atoms with E-state index in [4.69, 9.17) is 0 Å². The normalized spacial score (nSPS) is 18.8. The van der Waals surface area contributed by atoms with Crippen molar-refractivity contribution < 1.29 is 0 Å². The number of halogens is 1. The molecule has 3 rings (SSSR count). The highest BCUT2D eigenvalue weighted by Crippen LogP contribution is 2.30. The summed E-state index contributed by atoms with van der Waals surface area (Å²) in [4.78, 5) is 0. The van der Waals surface area contributed by atoms with Crippen LogP contribution < -0.4 is 5.32 Å². The molecular weight excluding hydrogens is 321 g/mol. The van der Waals surface area contributed by atoms with Crippen LogP contribution in [0, 0.1) is 3.57 Å². The lowest BCUT2D eigenvalue weighted by atomic mass is 9.90. The van der Waals surface area contributed by atoms with Crippen LogP contribution in [0.3, 0.4) is 0 Å². The van der Waals surface area contributed by atoms with E-state index in [0.717, 1.165) is 13.0 Å². The summed E-state index contributed by atoms with van der Waals surface area (Å²) < 4.78 is 1.33. The summed E-state index contributed by atoms with van der Waals surface area (Å²) in [6.07, 6.45) is 1.14. The van der Waals surface area contributed by atoms with Crippen molar-refractivity contribution in [1.29, 1.82) is 0 Å². The van der Waals surface area contributed by atoms with Crippen LogP contribution in [-0.4, -0.2) is 6.54 Å². The summed E-state index contributed by atoms with van der Waals surface area (Å²) >= 11 is 2.42. The van der Waals surface area contributed by atoms with Crippen molar-refractivity contribution in [2.45, 2.75) is 12.5 Å². The van der Waals surface area contributed by atoms with Gasteiger partial charge >= 0.3 is 0 Å². The number of fused-ring (bicyclic) bond motifs is 1. The molecule has 0 amide bonds. The molecule has 0 aliphatic carbocycles. The van der Waals surface area contributed by atoms with Gasteiger partial charge in [0, 0.05) is 10.1 Å². The summed E-state index contributed by atoms with van der Waals surface area (Å²) in [5, 5.41) is 3.63. The van der Waals surface area contributed by atoms with Crippen molar-refractivity contribution in [3.63, 3.8) is 0 Å². The fraction of sp³-hybridized carbons (Fsp3) is 0.200. The maximum atomic E-state index is 3.63. The number of hydrogen-bond acceptors (Lipinski definition) is 1. The van der Waals surface area contributed by atoms with Gasteiger partial charge in [0.2, 0.25) is 0 Å². The first-order valence-corrected chi connectivity index (χ1v) is 7.00.